The van der Waals surface area contributed by atoms with Gasteiger partial charge in [0.05, 0.1) is 0 Å². The van der Waals surface area contributed by atoms with Crippen LogP contribution in [0.15, 0.2) is 6.33 Å². The Labute approximate surface area is 123 Å². The molecule has 1 N–H and O–H groups in total. The van der Waals surface area contributed by atoms with Gasteiger partial charge < -0.3 is 5.32 Å². The first-order valence-corrected chi connectivity index (χ1v) is 7.63. The molecule has 1 saturated carbocycles. The molecular weight excluding hydrogens is 274 g/mol. The van der Waals surface area contributed by atoms with Crippen molar-refractivity contribution in [1.29, 1.82) is 0 Å². The summed E-state index contributed by atoms with van der Waals surface area (Å²) in [4.78, 5) is 8.34. The molecule has 2 heterocycles. The summed E-state index contributed by atoms with van der Waals surface area (Å²) < 4.78 is 1.74. The molecule has 6 heteroatoms. The lowest BCUT2D eigenvalue weighted by Crippen LogP contribution is -2.27. The van der Waals surface area contributed by atoms with E-state index in [-0.39, 0.29) is 0 Å². The number of hydrogen-bond acceptors (Lipinski definition) is 4. The van der Waals surface area contributed by atoms with Gasteiger partial charge in [0.15, 0.2) is 0 Å². The van der Waals surface area contributed by atoms with Crippen LogP contribution in [0.1, 0.15) is 44.6 Å². The average molecular weight is 294 g/mol. The van der Waals surface area contributed by atoms with Crippen molar-refractivity contribution in [2.24, 2.45) is 5.41 Å². The summed E-state index contributed by atoms with van der Waals surface area (Å²) in [6.07, 6.45) is 7.99. The highest BCUT2D eigenvalue weighted by Crippen LogP contribution is 2.41. The van der Waals surface area contributed by atoms with E-state index in [1.165, 1.54) is 38.4 Å². The zero-order valence-electron chi connectivity index (χ0n) is 12.0. The average Bonchev–Trinajstić information content (AvgIpc) is 3.09. The standard InChI is InChI=1S/C14H20ClN5/c1-3-14(6-4-5-7-14)8-16-12-10(2)11(15)19-13-17-9-18-20(12)13/h9,16H,3-8H2,1-2H3. The van der Waals surface area contributed by atoms with Crippen LogP contribution in [0.3, 0.4) is 0 Å². The molecule has 1 aliphatic rings. The van der Waals surface area contributed by atoms with Crippen LogP contribution >= 0.6 is 11.6 Å². The number of halogens is 1. The van der Waals surface area contributed by atoms with Crippen molar-refractivity contribution < 1.29 is 0 Å². The van der Waals surface area contributed by atoms with Gasteiger partial charge in [-0.25, -0.2) is 0 Å². The molecule has 1 fully saturated rings. The minimum atomic E-state index is 0.412. The number of fused-ring (bicyclic) bond motifs is 1. The second-order valence-electron chi connectivity index (χ2n) is 5.76. The van der Waals surface area contributed by atoms with Gasteiger partial charge in [-0.3, -0.25) is 0 Å². The lowest BCUT2D eigenvalue weighted by atomic mass is 9.83. The molecule has 2 aromatic heterocycles. The second-order valence-corrected chi connectivity index (χ2v) is 6.12. The van der Waals surface area contributed by atoms with Crippen LogP contribution in [0.2, 0.25) is 5.15 Å². The van der Waals surface area contributed by atoms with Crippen LogP contribution in [0.25, 0.3) is 5.78 Å². The predicted octanol–water partition coefficient (Wildman–Crippen LogP) is 3.47. The number of hydrogen-bond donors (Lipinski definition) is 1. The fourth-order valence-corrected chi connectivity index (χ4v) is 3.32. The molecule has 0 unspecified atom stereocenters. The summed E-state index contributed by atoms with van der Waals surface area (Å²) >= 11 is 6.18. The lowest BCUT2D eigenvalue weighted by Gasteiger charge is -2.28. The summed E-state index contributed by atoms with van der Waals surface area (Å²) in [5.41, 5.74) is 1.34. The van der Waals surface area contributed by atoms with Crippen molar-refractivity contribution in [3.05, 3.63) is 17.0 Å². The van der Waals surface area contributed by atoms with Crippen molar-refractivity contribution in [2.45, 2.75) is 46.0 Å². The molecule has 0 radical (unpaired) electrons. The number of nitrogens with one attached hydrogen (secondary N) is 1. The van der Waals surface area contributed by atoms with Crippen LogP contribution in [-0.2, 0) is 0 Å². The highest BCUT2D eigenvalue weighted by atomic mass is 35.5. The van der Waals surface area contributed by atoms with E-state index in [0.29, 0.717) is 16.3 Å². The summed E-state index contributed by atoms with van der Waals surface area (Å²) in [6, 6.07) is 0. The van der Waals surface area contributed by atoms with Crippen LogP contribution in [-0.4, -0.2) is 26.1 Å². The topological polar surface area (TPSA) is 55.1 Å². The van der Waals surface area contributed by atoms with Gasteiger partial charge in [-0.2, -0.15) is 19.6 Å². The second kappa shape index (κ2) is 5.20. The fraction of sp³-hybridized carbons (Fsp3) is 0.643. The molecule has 0 amide bonds. The summed E-state index contributed by atoms with van der Waals surface area (Å²) in [5, 5.41) is 8.28. The van der Waals surface area contributed by atoms with Crippen molar-refractivity contribution in [3.63, 3.8) is 0 Å². The molecule has 5 nitrogen and oxygen atoms in total. The molecular formula is C14H20ClN5. The van der Waals surface area contributed by atoms with Gasteiger partial charge in [-0.1, -0.05) is 31.4 Å². The van der Waals surface area contributed by atoms with Gasteiger partial charge >= 0.3 is 0 Å². The van der Waals surface area contributed by atoms with Gasteiger partial charge in [0.2, 0.25) is 0 Å². The third-order valence-corrected chi connectivity index (χ3v) is 5.02. The van der Waals surface area contributed by atoms with E-state index in [1.54, 1.807) is 4.52 Å². The Bertz CT molecular complexity index is 615. The maximum Gasteiger partial charge on any atom is 0.255 e. The molecule has 0 spiro atoms. The zero-order valence-corrected chi connectivity index (χ0v) is 12.7. The Morgan fingerprint density at radius 2 is 2.15 bits per heavy atom. The lowest BCUT2D eigenvalue weighted by molar-refractivity contribution is 0.306. The maximum absolute atomic E-state index is 6.18. The largest absolute Gasteiger partial charge is 0.369 e. The Morgan fingerprint density at radius 1 is 1.40 bits per heavy atom. The van der Waals surface area contributed by atoms with E-state index in [2.05, 4.69) is 27.3 Å². The quantitative estimate of drug-likeness (QED) is 0.877. The van der Waals surface area contributed by atoms with Crippen LogP contribution < -0.4 is 5.32 Å². The van der Waals surface area contributed by atoms with E-state index in [4.69, 9.17) is 11.6 Å². The summed E-state index contributed by atoms with van der Waals surface area (Å²) in [6.45, 7) is 5.20. The highest BCUT2D eigenvalue weighted by Gasteiger charge is 2.32. The number of anilines is 1. The Hall–Kier alpha value is -1.36. The number of aromatic nitrogens is 4. The molecule has 108 valence electrons. The monoisotopic (exact) mass is 293 g/mol. The van der Waals surface area contributed by atoms with E-state index in [9.17, 15) is 0 Å². The van der Waals surface area contributed by atoms with E-state index >= 15 is 0 Å². The molecule has 0 saturated heterocycles. The minimum absolute atomic E-state index is 0.412. The van der Waals surface area contributed by atoms with Crippen LogP contribution in [0, 0.1) is 12.3 Å². The smallest absolute Gasteiger partial charge is 0.255 e. The third-order valence-electron chi connectivity index (χ3n) is 4.65. The molecule has 20 heavy (non-hydrogen) atoms. The highest BCUT2D eigenvalue weighted by molar-refractivity contribution is 6.30. The van der Waals surface area contributed by atoms with Crippen molar-refractivity contribution in [3.8, 4) is 0 Å². The van der Waals surface area contributed by atoms with Crippen LogP contribution in [0.5, 0.6) is 0 Å². The minimum Gasteiger partial charge on any atom is -0.369 e. The first-order chi connectivity index (χ1) is 9.65. The Balaban J connectivity index is 1.90. The molecule has 0 aliphatic heterocycles. The predicted molar refractivity (Wildman–Crippen MR) is 80.2 cm³/mol. The fourth-order valence-electron chi connectivity index (χ4n) is 3.16. The SMILES string of the molecule is CCC1(CNc2c(C)c(Cl)nc3ncnn23)CCCC1. The maximum atomic E-state index is 6.18. The van der Waals surface area contributed by atoms with Gasteiger partial charge in [0.1, 0.15) is 17.3 Å². The Kier molecular flexibility index (Phi) is 3.54. The molecule has 3 rings (SSSR count). The van der Waals surface area contributed by atoms with Crippen molar-refractivity contribution in [1.82, 2.24) is 19.6 Å². The summed E-state index contributed by atoms with van der Waals surface area (Å²) in [7, 11) is 0. The van der Waals surface area contributed by atoms with Crippen LogP contribution in [0.4, 0.5) is 5.82 Å². The molecule has 1 aliphatic carbocycles. The van der Waals surface area contributed by atoms with Crippen molar-refractivity contribution >= 4 is 23.2 Å². The molecule has 2 aromatic rings. The van der Waals surface area contributed by atoms with Crippen molar-refractivity contribution in [2.75, 3.05) is 11.9 Å². The van der Waals surface area contributed by atoms with E-state index in [1.807, 2.05) is 6.92 Å². The normalized spacial score (nSPS) is 17.8. The van der Waals surface area contributed by atoms with E-state index < -0.39 is 0 Å². The zero-order chi connectivity index (χ0) is 14.2. The Morgan fingerprint density at radius 3 is 2.85 bits per heavy atom. The summed E-state index contributed by atoms with van der Waals surface area (Å²) in [5.74, 6) is 1.46. The number of rotatable bonds is 4. The van der Waals surface area contributed by atoms with Gasteiger partial charge in [-0.15, -0.1) is 0 Å². The molecule has 0 bridgehead atoms. The van der Waals surface area contributed by atoms with Gasteiger partial charge in [-0.05, 0) is 31.6 Å². The van der Waals surface area contributed by atoms with Gasteiger partial charge in [0, 0.05) is 12.1 Å². The van der Waals surface area contributed by atoms with Gasteiger partial charge in [0.25, 0.3) is 5.78 Å². The molecule has 0 aromatic carbocycles. The number of nitrogens with zero attached hydrogens (tertiary/aromatic N) is 4. The first kappa shape index (κ1) is 13.6. The first-order valence-electron chi connectivity index (χ1n) is 7.25. The molecule has 0 atom stereocenters. The van der Waals surface area contributed by atoms with E-state index in [0.717, 1.165) is 17.9 Å². The third kappa shape index (κ3) is 2.24.